The average Bonchev–Trinajstić information content (AvgIpc) is 3.19. The van der Waals surface area contributed by atoms with Gasteiger partial charge in [-0.25, -0.2) is 4.79 Å². The number of fused-ring (bicyclic) bond motifs is 1. The van der Waals surface area contributed by atoms with Crippen LogP contribution in [0.1, 0.15) is 30.9 Å². The molecule has 2 atom stereocenters. The Balaban J connectivity index is 1.08. The number of benzene rings is 2. The van der Waals surface area contributed by atoms with Crippen molar-refractivity contribution in [1.29, 1.82) is 0 Å². The Kier molecular flexibility index (Phi) is 5.98. The summed E-state index contributed by atoms with van der Waals surface area (Å²) in [7, 11) is 0. The average molecular weight is 423 g/mol. The number of cyclic esters (lactones) is 1. The summed E-state index contributed by atoms with van der Waals surface area (Å²) in [4.78, 5) is 16.7. The van der Waals surface area contributed by atoms with Crippen molar-refractivity contribution in [3.05, 3.63) is 60.2 Å². The first-order valence-corrected chi connectivity index (χ1v) is 11.4. The normalized spacial score (nSPS) is 24.3. The van der Waals surface area contributed by atoms with E-state index in [0.717, 1.165) is 62.5 Å². The minimum atomic E-state index is -0.180. The first-order chi connectivity index (χ1) is 15.3. The molecule has 0 bridgehead atoms. The maximum atomic E-state index is 12.3. The lowest BCUT2D eigenvalue weighted by molar-refractivity contribution is 0.0466. The van der Waals surface area contributed by atoms with Crippen LogP contribution in [0.4, 0.5) is 4.79 Å². The summed E-state index contributed by atoms with van der Waals surface area (Å²) in [6, 6.07) is 18.1. The number of likely N-dealkylation sites (tertiary alicyclic amines) is 1. The van der Waals surface area contributed by atoms with Gasteiger partial charge in [-0.2, -0.15) is 0 Å². The van der Waals surface area contributed by atoms with Gasteiger partial charge in [-0.3, -0.25) is 9.80 Å². The molecule has 1 amide bonds. The fourth-order valence-corrected chi connectivity index (χ4v) is 4.87. The van der Waals surface area contributed by atoms with Gasteiger partial charge in [0.05, 0.1) is 6.04 Å². The summed E-state index contributed by atoms with van der Waals surface area (Å²) < 4.78 is 17.3. The highest BCUT2D eigenvalue weighted by molar-refractivity contribution is 5.70. The van der Waals surface area contributed by atoms with Gasteiger partial charge in [-0.05, 0) is 56.0 Å². The lowest BCUT2D eigenvalue weighted by Gasteiger charge is -2.36. The van der Waals surface area contributed by atoms with E-state index in [-0.39, 0.29) is 18.2 Å². The third-order valence-corrected chi connectivity index (χ3v) is 6.67. The standard InChI is InChI=1S/C25H30N2O4/c28-25-27(22(18-30-25)20-6-2-1-3-7-20)15-12-19-10-13-26(14-11-19)16-21-17-29-23-8-4-5-9-24(23)31-21/h1-9,19,21-22H,10-18H2. The predicted molar refractivity (Wildman–Crippen MR) is 117 cm³/mol. The molecule has 2 fully saturated rings. The molecule has 5 rings (SSSR count). The minimum absolute atomic E-state index is 0.0418. The van der Waals surface area contributed by atoms with E-state index < -0.39 is 0 Å². The number of carbonyl (C=O) groups excluding carboxylic acids is 1. The summed E-state index contributed by atoms with van der Waals surface area (Å²) in [5.74, 6) is 2.33. The fourth-order valence-electron chi connectivity index (χ4n) is 4.87. The molecular weight excluding hydrogens is 392 g/mol. The number of rotatable bonds is 6. The zero-order valence-corrected chi connectivity index (χ0v) is 17.8. The third-order valence-electron chi connectivity index (χ3n) is 6.67. The van der Waals surface area contributed by atoms with Crippen LogP contribution in [0.15, 0.2) is 54.6 Å². The zero-order chi connectivity index (χ0) is 21.0. The van der Waals surface area contributed by atoms with Crippen molar-refractivity contribution in [2.75, 3.05) is 39.4 Å². The Morgan fingerprint density at radius 2 is 1.61 bits per heavy atom. The third kappa shape index (κ3) is 4.64. The molecular formula is C25H30N2O4. The van der Waals surface area contributed by atoms with Crippen molar-refractivity contribution in [3.63, 3.8) is 0 Å². The Morgan fingerprint density at radius 3 is 2.42 bits per heavy atom. The van der Waals surface area contributed by atoms with Crippen LogP contribution in [-0.4, -0.2) is 61.4 Å². The number of hydrogen-bond acceptors (Lipinski definition) is 5. The van der Waals surface area contributed by atoms with Gasteiger partial charge in [0.15, 0.2) is 11.5 Å². The van der Waals surface area contributed by atoms with Gasteiger partial charge in [-0.1, -0.05) is 42.5 Å². The van der Waals surface area contributed by atoms with Crippen molar-refractivity contribution < 1.29 is 19.0 Å². The molecule has 3 heterocycles. The Morgan fingerprint density at radius 1 is 0.871 bits per heavy atom. The number of nitrogens with zero attached hydrogens (tertiary/aromatic N) is 2. The molecule has 164 valence electrons. The second-order valence-electron chi connectivity index (χ2n) is 8.73. The molecule has 3 aliphatic heterocycles. The van der Waals surface area contributed by atoms with Gasteiger partial charge in [0.25, 0.3) is 0 Å². The van der Waals surface area contributed by atoms with Gasteiger partial charge in [0.1, 0.15) is 19.3 Å². The highest BCUT2D eigenvalue weighted by atomic mass is 16.6. The molecule has 31 heavy (non-hydrogen) atoms. The minimum Gasteiger partial charge on any atom is -0.486 e. The van der Waals surface area contributed by atoms with E-state index in [1.807, 2.05) is 47.4 Å². The molecule has 2 saturated heterocycles. The van der Waals surface area contributed by atoms with Crippen LogP contribution >= 0.6 is 0 Å². The number of ether oxygens (including phenoxy) is 3. The first kappa shape index (κ1) is 20.2. The molecule has 0 N–H and O–H groups in total. The second kappa shape index (κ2) is 9.18. The number of carbonyl (C=O) groups is 1. The Labute approximate surface area is 183 Å². The van der Waals surface area contributed by atoms with Gasteiger partial charge < -0.3 is 14.2 Å². The molecule has 3 aliphatic rings. The SMILES string of the molecule is O=C1OCC(c2ccccc2)N1CCC1CCN(CC2COc3ccccc3O2)CC1. The van der Waals surface area contributed by atoms with E-state index >= 15 is 0 Å². The maximum absolute atomic E-state index is 12.3. The van der Waals surface area contributed by atoms with Crippen LogP contribution in [0.2, 0.25) is 0 Å². The molecule has 2 unspecified atom stereocenters. The molecule has 2 aromatic rings. The van der Waals surface area contributed by atoms with Crippen LogP contribution in [0, 0.1) is 5.92 Å². The topological polar surface area (TPSA) is 51.2 Å². The van der Waals surface area contributed by atoms with Gasteiger partial charge >= 0.3 is 6.09 Å². The Hall–Kier alpha value is -2.73. The number of amides is 1. The van der Waals surface area contributed by atoms with Crippen molar-refractivity contribution >= 4 is 6.09 Å². The largest absolute Gasteiger partial charge is 0.486 e. The predicted octanol–water partition coefficient (Wildman–Crippen LogP) is 4.12. The van der Waals surface area contributed by atoms with Crippen LogP contribution in [-0.2, 0) is 4.74 Å². The van der Waals surface area contributed by atoms with Gasteiger partial charge in [-0.15, -0.1) is 0 Å². The highest BCUT2D eigenvalue weighted by Crippen LogP contribution is 2.32. The van der Waals surface area contributed by atoms with Crippen LogP contribution in [0.5, 0.6) is 11.5 Å². The summed E-state index contributed by atoms with van der Waals surface area (Å²) in [5, 5.41) is 0. The summed E-state index contributed by atoms with van der Waals surface area (Å²) in [6.07, 6.45) is 3.24. The molecule has 0 radical (unpaired) electrons. The summed E-state index contributed by atoms with van der Waals surface area (Å²) >= 11 is 0. The number of piperidine rings is 1. The van der Waals surface area contributed by atoms with Crippen LogP contribution in [0.3, 0.4) is 0 Å². The van der Waals surface area contributed by atoms with E-state index in [4.69, 9.17) is 14.2 Å². The van der Waals surface area contributed by atoms with E-state index in [2.05, 4.69) is 17.0 Å². The lowest BCUT2D eigenvalue weighted by atomic mass is 9.93. The fraction of sp³-hybridized carbons (Fsp3) is 0.480. The maximum Gasteiger partial charge on any atom is 0.410 e. The van der Waals surface area contributed by atoms with Crippen LogP contribution < -0.4 is 9.47 Å². The smallest absolute Gasteiger partial charge is 0.410 e. The first-order valence-electron chi connectivity index (χ1n) is 11.4. The Bertz CT molecular complexity index is 882. The molecule has 0 aliphatic carbocycles. The van der Waals surface area contributed by atoms with Crippen molar-refractivity contribution in [3.8, 4) is 11.5 Å². The lowest BCUT2D eigenvalue weighted by Crippen LogP contribution is -2.44. The summed E-state index contributed by atoms with van der Waals surface area (Å²) in [6.45, 7) is 4.86. The molecule has 0 aromatic heterocycles. The van der Waals surface area contributed by atoms with E-state index in [9.17, 15) is 4.79 Å². The van der Waals surface area contributed by atoms with E-state index in [1.54, 1.807) is 0 Å². The monoisotopic (exact) mass is 422 g/mol. The molecule has 6 nitrogen and oxygen atoms in total. The van der Waals surface area contributed by atoms with Gasteiger partial charge in [0.2, 0.25) is 0 Å². The molecule has 2 aromatic carbocycles. The second-order valence-corrected chi connectivity index (χ2v) is 8.73. The highest BCUT2D eigenvalue weighted by Gasteiger charge is 2.34. The molecule has 0 spiro atoms. The van der Waals surface area contributed by atoms with Crippen molar-refractivity contribution in [2.24, 2.45) is 5.92 Å². The van der Waals surface area contributed by atoms with Crippen molar-refractivity contribution in [1.82, 2.24) is 9.80 Å². The molecule has 0 saturated carbocycles. The number of hydrogen-bond donors (Lipinski definition) is 0. The van der Waals surface area contributed by atoms with E-state index in [0.29, 0.717) is 19.1 Å². The summed E-state index contributed by atoms with van der Waals surface area (Å²) in [5.41, 5.74) is 1.15. The van der Waals surface area contributed by atoms with Crippen LogP contribution in [0.25, 0.3) is 0 Å². The van der Waals surface area contributed by atoms with Crippen molar-refractivity contribution in [2.45, 2.75) is 31.4 Å². The van der Waals surface area contributed by atoms with E-state index in [1.165, 1.54) is 0 Å². The zero-order valence-electron chi connectivity index (χ0n) is 17.8. The van der Waals surface area contributed by atoms with Gasteiger partial charge in [0, 0.05) is 13.1 Å². The quantitative estimate of drug-likeness (QED) is 0.701. The molecule has 6 heteroatoms. The number of para-hydroxylation sites is 2.